The summed E-state index contributed by atoms with van der Waals surface area (Å²) in [4.78, 5) is 13.4. The number of rotatable bonds is 3. The van der Waals surface area contributed by atoms with E-state index in [0.717, 1.165) is 12.3 Å². The summed E-state index contributed by atoms with van der Waals surface area (Å²) in [6.45, 7) is -1.12. The van der Waals surface area contributed by atoms with Crippen molar-refractivity contribution in [3.8, 4) is 5.75 Å². The van der Waals surface area contributed by atoms with E-state index in [1.54, 1.807) is 0 Å². The van der Waals surface area contributed by atoms with Gasteiger partial charge in [0.15, 0.2) is 0 Å². The number of hydrogen-bond donors (Lipinski definition) is 0. The van der Waals surface area contributed by atoms with Crippen LogP contribution in [0.1, 0.15) is 0 Å². The second-order valence-electron chi connectivity index (χ2n) is 1.99. The molecule has 0 saturated heterocycles. The Kier molecular flexibility index (Phi) is 3.13. The zero-order chi connectivity index (χ0) is 9.84. The Hall–Kier alpha value is -1.24. The van der Waals surface area contributed by atoms with Gasteiger partial charge in [-0.05, 0) is 15.9 Å². The van der Waals surface area contributed by atoms with Crippen molar-refractivity contribution in [1.82, 2.24) is 4.98 Å². The smallest absolute Gasteiger partial charge is 0.315 e. The van der Waals surface area contributed by atoms with Gasteiger partial charge in [-0.15, -0.1) is 0 Å². The molecule has 0 aliphatic carbocycles. The van der Waals surface area contributed by atoms with E-state index < -0.39 is 11.8 Å². The molecule has 0 spiro atoms. The Morgan fingerprint density at radius 1 is 1.77 bits per heavy atom. The Morgan fingerprint density at radius 2 is 2.46 bits per heavy atom. The normalized spacial score (nSPS) is 9.69. The number of halogens is 2. The SMILES string of the molecule is O=[N+]([O-])c1cc(Br)ncc1OCF. The Balaban J connectivity index is 3.10. The molecule has 0 aliphatic rings. The standard InChI is InChI=1S/C6H4BrFN2O3/c7-6-1-4(10(11)12)5(2-9-6)13-3-8/h1-2H,3H2. The molecule has 7 heteroatoms. The van der Waals surface area contributed by atoms with Crippen molar-refractivity contribution in [2.24, 2.45) is 0 Å². The Labute approximate surface area is 80.8 Å². The fraction of sp³-hybridized carbons (Fsp3) is 0.167. The minimum Gasteiger partial charge on any atom is -0.454 e. The van der Waals surface area contributed by atoms with Crippen LogP contribution in [0, 0.1) is 10.1 Å². The molecule has 13 heavy (non-hydrogen) atoms. The van der Waals surface area contributed by atoms with Crippen molar-refractivity contribution in [3.63, 3.8) is 0 Å². The fourth-order valence-electron chi connectivity index (χ4n) is 0.720. The molecule has 0 unspecified atom stereocenters. The van der Waals surface area contributed by atoms with Crippen molar-refractivity contribution in [2.45, 2.75) is 0 Å². The van der Waals surface area contributed by atoms with Crippen molar-refractivity contribution < 1.29 is 14.1 Å². The average Bonchev–Trinajstić information content (AvgIpc) is 2.08. The molecular weight excluding hydrogens is 247 g/mol. The van der Waals surface area contributed by atoms with Gasteiger partial charge in [-0.2, -0.15) is 0 Å². The highest BCUT2D eigenvalue weighted by Gasteiger charge is 2.15. The van der Waals surface area contributed by atoms with Crippen LogP contribution in [0.3, 0.4) is 0 Å². The molecule has 1 aromatic rings. The van der Waals surface area contributed by atoms with Crippen LogP contribution in [0.25, 0.3) is 0 Å². The number of nitro groups is 1. The molecule has 0 amide bonds. The first-order valence-corrected chi connectivity index (χ1v) is 3.93. The van der Waals surface area contributed by atoms with Gasteiger partial charge in [0.1, 0.15) is 4.60 Å². The molecule has 0 radical (unpaired) electrons. The van der Waals surface area contributed by atoms with E-state index in [4.69, 9.17) is 0 Å². The minimum atomic E-state index is -1.12. The molecule has 1 aromatic heterocycles. The van der Waals surface area contributed by atoms with Crippen LogP contribution in [0.5, 0.6) is 5.75 Å². The number of ether oxygens (including phenoxy) is 1. The van der Waals surface area contributed by atoms with Gasteiger partial charge >= 0.3 is 5.69 Å². The molecule has 1 heterocycles. The summed E-state index contributed by atoms with van der Waals surface area (Å²) in [5.74, 6) is -0.185. The lowest BCUT2D eigenvalue weighted by Crippen LogP contribution is -1.97. The summed E-state index contributed by atoms with van der Waals surface area (Å²) >= 11 is 2.95. The zero-order valence-corrected chi connectivity index (χ0v) is 7.82. The molecular formula is C6H4BrFN2O3. The molecule has 0 aliphatic heterocycles. The molecule has 0 N–H and O–H groups in total. The summed E-state index contributed by atoms with van der Waals surface area (Å²) in [5, 5.41) is 10.4. The topological polar surface area (TPSA) is 65.3 Å². The van der Waals surface area contributed by atoms with Crippen LogP contribution in [0.4, 0.5) is 10.1 Å². The fourth-order valence-corrected chi connectivity index (χ4v) is 1.04. The third kappa shape index (κ3) is 2.35. The van der Waals surface area contributed by atoms with Gasteiger partial charge in [0, 0.05) is 0 Å². The van der Waals surface area contributed by atoms with Gasteiger partial charge in [0.05, 0.1) is 17.2 Å². The molecule has 0 aromatic carbocycles. The summed E-state index contributed by atoms with van der Waals surface area (Å²) in [5.41, 5.74) is -0.320. The lowest BCUT2D eigenvalue weighted by atomic mass is 10.4. The van der Waals surface area contributed by atoms with Gasteiger partial charge < -0.3 is 4.74 Å². The van der Waals surface area contributed by atoms with Crippen molar-refractivity contribution in [1.29, 1.82) is 0 Å². The average molecular weight is 251 g/mol. The van der Waals surface area contributed by atoms with Crippen LogP contribution < -0.4 is 4.74 Å². The van der Waals surface area contributed by atoms with Gasteiger partial charge in [-0.25, -0.2) is 9.37 Å². The maximum atomic E-state index is 11.7. The lowest BCUT2D eigenvalue weighted by Gasteiger charge is -2.01. The van der Waals surface area contributed by atoms with Gasteiger partial charge in [-0.1, -0.05) is 0 Å². The summed E-state index contributed by atoms with van der Waals surface area (Å²) < 4.78 is 16.4. The first kappa shape index (κ1) is 9.85. The first-order valence-electron chi connectivity index (χ1n) is 3.14. The quantitative estimate of drug-likeness (QED) is 0.468. The molecule has 70 valence electrons. The molecule has 0 bridgehead atoms. The van der Waals surface area contributed by atoms with Crippen molar-refractivity contribution in [2.75, 3.05) is 6.86 Å². The van der Waals surface area contributed by atoms with E-state index in [1.807, 2.05) is 0 Å². The predicted molar refractivity (Wildman–Crippen MR) is 45.2 cm³/mol. The summed E-state index contributed by atoms with van der Waals surface area (Å²) in [7, 11) is 0. The Morgan fingerprint density at radius 3 is 3.00 bits per heavy atom. The number of hydrogen-bond acceptors (Lipinski definition) is 4. The second kappa shape index (κ2) is 4.13. The van der Waals surface area contributed by atoms with E-state index in [-0.39, 0.29) is 11.4 Å². The first-order chi connectivity index (χ1) is 6.15. The van der Waals surface area contributed by atoms with Crippen molar-refractivity contribution >= 4 is 21.6 Å². The number of alkyl halides is 1. The summed E-state index contributed by atoms with van der Waals surface area (Å²) in [6, 6.07) is 1.14. The van der Waals surface area contributed by atoms with Gasteiger partial charge in [-0.3, -0.25) is 10.1 Å². The molecule has 0 atom stereocenters. The number of pyridine rings is 1. The molecule has 5 nitrogen and oxygen atoms in total. The largest absolute Gasteiger partial charge is 0.454 e. The zero-order valence-electron chi connectivity index (χ0n) is 6.24. The predicted octanol–water partition coefficient (Wildman–Crippen LogP) is 2.06. The highest BCUT2D eigenvalue weighted by Crippen LogP contribution is 2.27. The number of nitrogens with zero attached hydrogens (tertiary/aromatic N) is 2. The summed E-state index contributed by atoms with van der Waals surface area (Å²) in [6.07, 6.45) is 1.09. The lowest BCUT2D eigenvalue weighted by molar-refractivity contribution is -0.386. The second-order valence-corrected chi connectivity index (χ2v) is 2.80. The van der Waals surface area contributed by atoms with Crippen LogP contribution in [-0.4, -0.2) is 16.8 Å². The van der Waals surface area contributed by atoms with E-state index in [1.165, 1.54) is 0 Å². The van der Waals surface area contributed by atoms with Crippen LogP contribution in [0.2, 0.25) is 0 Å². The van der Waals surface area contributed by atoms with Crippen molar-refractivity contribution in [3.05, 3.63) is 27.0 Å². The maximum absolute atomic E-state index is 11.7. The number of aromatic nitrogens is 1. The highest BCUT2D eigenvalue weighted by molar-refractivity contribution is 9.10. The highest BCUT2D eigenvalue weighted by atomic mass is 79.9. The minimum absolute atomic E-state index is 0.185. The van der Waals surface area contributed by atoms with E-state index in [0.29, 0.717) is 4.60 Å². The van der Waals surface area contributed by atoms with Crippen LogP contribution in [-0.2, 0) is 0 Å². The monoisotopic (exact) mass is 250 g/mol. The van der Waals surface area contributed by atoms with Gasteiger partial charge in [0.25, 0.3) is 0 Å². The van der Waals surface area contributed by atoms with Crippen LogP contribution >= 0.6 is 15.9 Å². The third-order valence-corrected chi connectivity index (χ3v) is 1.65. The molecule has 0 fully saturated rings. The van der Waals surface area contributed by atoms with Gasteiger partial charge in [0.2, 0.25) is 12.6 Å². The van der Waals surface area contributed by atoms with E-state index in [2.05, 4.69) is 25.7 Å². The van der Waals surface area contributed by atoms with E-state index in [9.17, 15) is 14.5 Å². The molecule has 0 saturated carbocycles. The maximum Gasteiger partial charge on any atom is 0.315 e. The van der Waals surface area contributed by atoms with Crippen LogP contribution in [0.15, 0.2) is 16.9 Å². The molecule has 1 rings (SSSR count). The third-order valence-electron chi connectivity index (χ3n) is 1.22. The Bertz CT molecular complexity index is 334. The van der Waals surface area contributed by atoms with E-state index >= 15 is 0 Å².